The molecule has 0 saturated carbocycles. The van der Waals surface area contributed by atoms with Crippen LogP contribution in [0.2, 0.25) is 0 Å². The Labute approximate surface area is 139 Å². The largest absolute Gasteiger partial charge is 0.381 e. The molecule has 0 bridgehead atoms. The SMILES string of the molecule is O=C(NCc1ccc(F)cc1)c1noc(CC[C@H]2CCCOC2)n1. The van der Waals surface area contributed by atoms with Crippen LogP contribution < -0.4 is 5.32 Å². The Balaban J connectivity index is 1.47. The van der Waals surface area contributed by atoms with Gasteiger partial charge in [-0.05, 0) is 42.9 Å². The van der Waals surface area contributed by atoms with Crippen LogP contribution >= 0.6 is 0 Å². The number of ether oxygens (including phenoxy) is 1. The Morgan fingerprint density at radius 2 is 2.17 bits per heavy atom. The first-order valence-electron chi connectivity index (χ1n) is 8.13. The monoisotopic (exact) mass is 333 g/mol. The molecule has 1 aliphatic heterocycles. The summed E-state index contributed by atoms with van der Waals surface area (Å²) in [5, 5.41) is 6.40. The molecule has 1 atom stereocenters. The third kappa shape index (κ3) is 4.61. The number of carbonyl (C=O) groups excluding carboxylic acids is 1. The quantitative estimate of drug-likeness (QED) is 0.879. The van der Waals surface area contributed by atoms with Gasteiger partial charge in [-0.2, -0.15) is 4.98 Å². The van der Waals surface area contributed by atoms with Gasteiger partial charge >= 0.3 is 0 Å². The van der Waals surface area contributed by atoms with Crippen LogP contribution in [0.25, 0.3) is 0 Å². The van der Waals surface area contributed by atoms with Crippen LogP contribution in [0.1, 0.15) is 41.3 Å². The van der Waals surface area contributed by atoms with E-state index in [-0.39, 0.29) is 18.2 Å². The van der Waals surface area contributed by atoms with E-state index in [1.807, 2.05) is 0 Å². The van der Waals surface area contributed by atoms with Crippen LogP contribution in [-0.4, -0.2) is 29.3 Å². The van der Waals surface area contributed by atoms with Gasteiger partial charge in [0.05, 0.1) is 0 Å². The van der Waals surface area contributed by atoms with E-state index in [1.165, 1.54) is 12.1 Å². The van der Waals surface area contributed by atoms with Crippen LogP contribution in [0.4, 0.5) is 4.39 Å². The van der Waals surface area contributed by atoms with Crippen molar-refractivity contribution in [3.63, 3.8) is 0 Å². The molecule has 128 valence electrons. The second kappa shape index (κ2) is 8.01. The summed E-state index contributed by atoms with van der Waals surface area (Å²) >= 11 is 0. The van der Waals surface area contributed by atoms with Crippen molar-refractivity contribution in [3.8, 4) is 0 Å². The van der Waals surface area contributed by atoms with Gasteiger partial charge in [-0.1, -0.05) is 17.3 Å². The first-order valence-corrected chi connectivity index (χ1v) is 8.13. The van der Waals surface area contributed by atoms with Gasteiger partial charge in [0.2, 0.25) is 5.89 Å². The molecule has 0 radical (unpaired) electrons. The molecule has 1 aromatic heterocycles. The molecule has 1 N–H and O–H groups in total. The van der Waals surface area contributed by atoms with E-state index >= 15 is 0 Å². The number of benzene rings is 1. The molecular weight excluding hydrogens is 313 g/mol. The van der Waals surface area contributed by atoms with E-state index in [4.69, 9.17) is 9.26 Å². The number of carbonyl (C=O) groups is 1. The van der Waals surface area contributed by atoms with Crippen molar-refractivity contribution in [2.24, 2.45) is 5.92 Å². The lowest BCUT2D eigenvalue weighted by molar-refractivity contribution is 0.0511. The van der Waals surface area contributed by atoms with Crippen molar-refractivity contribution >= 4 is 5.91 Å². The molecule has 2 aromatic rings. The lowest BCUT2D eigenvalue weighted by atomic mass is 9.97. The third-order valence-electron chi connectivity index (χ3n) is 4.06. The maximum absolute atomic E-state index is 12.8. The molecule has 2 heterocycles. The molecule has 6 nitrogen and oxygen atoms in total. The number of nitrogens with one attached hydrogen (secondary N) is 1. The van der Waals surface area contributed by atoms with Crippen molar-refractivity contribution in [2.45, 2.75) is 32.2 Å². The van der Waals surface area contributed by atoms with Gasteiger partial charge in [0, 0.05) is 26.2 Å². The van der Waals surface area contributed by atoms with Gasteiger partial charge in [-0.15, -0.1) is 0 Å². The topological polar surface area (TPSA) is 77.2 Å². The number of amides is 1. The summed E-state index contributed by atoms with van der Waals surface area (Å²) in [5.74, 6) is 0.285. The van der Waals surface area contributed by atoms with Gasteiger partial charge < -0.3 is 14.6 Å². The molecule has 7 heteroatoms. The van der Waals surface area contributed by atoms with Gasteiger partial charge in [0.25, 0.3) is 11.7 Å². The highest BCUT2D eigenvalue weighted by Gasteiger charge is 2.18. The van der Waals surface area contributed by atoms with Gasteiger partial charge in [0.15, 0.2) is 0 Å². The van der Waals surface area contributed by atoms with E-state index in [2.05, 4.69) is 15.5 Å². The van der Waals surface area contributed by atoms with Crippen molar-refractivity contribution < 1.29 is 18.4 Å². The summed E-state index contributed by atoms with van der Waals surface area (Å²) in [5.41, 5.74) is 0.797. The minimum Gasteiger partial charge on any atom is -0.381 e. The Morgan fingerprint density at radius 1 is 1.33 bits per heavy atom. The van der Waals surface area contributed by atoms with E-state index in [0.717, 1.165) is 38.0 Å². The summed E-state index contributed by atoms with van der Waals surface area (Å²) in [6.07, 6.45) is 3.80. The molecule has 3 rings (SSSR count). The molecule has 1 amide bonds. The van der Waals surface area contributed by atoms with Crippen LogP contribution in [0.15, 0.2) is 28.8 Å². The van der Waals surface area contributed by atoms with E-state index < -0.39 is 5.91 Å². The summed E-state index contributed by atoms with van der Waals surface area (Å²) in [7, 11) is 0. The third-order valence-corrected chi connectivity index (χ3v) is 4.06. The molecule has 1 saturated heterocycles. The van der Waals surface area contributed by atoms with Crippen molar-refractivity contribution in [2.75, 3.05) is 13.2 Å². The molecule has 1 aliphatic rings. The molecule has 0 unspecified atom stereocenters. The highest BCUT2D eigenvalue weighted by atomic mass is 19.1. The first-order chi connectivity index (χ1) is 11.7. The Morgan fingerprint density at radius 3 is 2.92 bits per heavy atom. The molecular formula is C17H20FN3O3. The van der Waals surface area contributed by atoms with Gasteiger partial charge in [-0.3, -0.25) is 4.79 Å². The molecule has 0 aliphatic carbocycles. The van der Waals surface area contributed by atoms with E-state index in [0.29, 0.717) is 18.2 Å². The minimum absolute atomic E-state index is 0.0204. The summed E-state index contributed by atoms with van der Waals surface area (Å²) in [6.45, 7) is 1.90. The van der Waals surface area contributed by atoms with E-state index in [1.54, 1.807) is 12.1 Å². The number of hydrogen-bond acceptors (Lipinski definition) is 5. The predicted molar refractivity (Wildman–Crippen MR) is 83.7 cm³/mol. The number of nitrogens with zero attached hydrogens (tertiary/aromatic N) is 2. The summed E-state index contributed by atoms with van der Waals surface area (Å²) in [4.78, 5) is 16.1. The fourth-order valence-electron chi connectivity index (χ4n) is 2.67. The fourth-order valence-corrected chi connectivity index (χ4v) is 2.67. The van der Waals surface area contributed by atoms with Crippen molar-refractivity contribution in [1.29, 1.82) is 0 Å². The number of hydrogen-bond donors (Lipinski definition) is 1. The normalized spacial score (nSPS) is 17.6. The second-order valence-electron chi connectivity index (χ2n) is 5.94. The minimum atomic E-state index is -0.407. The van der Waals surface area contributed by atoms with Gasteiger partial charge in [-0.25, -0.2) is 4.39 Å². The Kier molecular flexibility index (Phi) is 5.53. The predicted octanol–water partition coefficient (Wildman–Crippen LogP) is 2.50. The Hall–Kier alpha value is -2.28. The van der Waals surface area contributed by atoms with Crippen LogP contribution in [0.3, 0.4) is 0 Å². The van der Waals surface area contributed by atoms with Crippen LogP contribution in [0, 0.1) is 11.7 Å². The van der Waals surface area contributed by atoms with E-state index in [9.17, 15) is 9.18 Å². The lowest BCUT2D eigenvalue weighted by Crippen LogP contribution is -2.24. The standard InChI is InChI=1S/C17H20FN3O3/c18-14-6-3-12(4-7-14)10-19-17(22)16-20-15(24-21-16)8-5-13-2-1-9-23-11-13/h3-4,6-7,13H,1-2,5,8-11H2,(H,19,22)/t13-/m1/s1. The summed E-state index contributed by atoms with van der Waals surface area (Å²) < 4.78 is 23.4. The van der Waals surface area contributed by atoms with Gasteiger partial charge in [0.1, 0.15) is 5.82 Å². The first kappa shape index (κ1) is 16.6. The number of rotatable bonds is 6. The molecule has 24 heavy (non-hydrogen) atoms. The smallest absolute Gasteiger partial charge is 0.292 e. The number of halogens is 1. The maximum atomic E-state index is 12.8. The number of aromatic nitrogens is 2. The zero-order valence-electron chi connectivity index (χ0n) is 13.3. The summed E-state index contributed by atoms with van der Waals surface area (Å²) in [6, 6.07) is 5.93. The average molecular weight is 333 g/mol. The Bertz CT molecular complexity index is 666. The average Bonchev–Trinajstić information content (AvgIpc) is 3.09. The van der Waals surface area contributed by atoms with Crippen LogP contribution in [0.5, 0.6) is 0 Å². The van der Waals surface area contributed by atoms with Crippen molar-refractivity contribution in [3.05, 3.63) is 47.4 Å². The molecule has 1 aromatic carbocycles. The zero-order chi connectivity index (χ0) is 16.8. The highest BCUT2D eigenvalue weighted by Crippen LogP contribution is 2.19. The zero-order valence-corrected chi connectivity index (χ0v) is 13.3. The maximum Gasteiger partial charge on any atom is 0.292 e. The fraction of sp³-hybridized carbons (Fsp3) is 0.471. The van der Waals surface area contributed by atoms with Crippen LogP contribution in [-0.2, 0) is 17.7 Å². The second-order valence-corrected chi connectivity index (χ2v) is 5.94. The molecule has 0 spiro atoms. The molecule has 1 fully saturated rings. The number of aryl methyl sites for hydroxylation is 1. The van der Waals surface area contributed by atoms with Crippen molar-refractivity contribution in [1.82, 2.24) is 15.5 Å². The lowest BCUT2D eigenvalue weighted by Gasteiger charge is -2.20. The highest BCUT2D eigenvalue weighted by molar-refractivity contribution is 5.90.